The molecule has 0 N–H and O–H groups in total. The highest BCUT2D eigenvalue weighted by atomic mass is 35.5. The van der Waals surface area contributed by atoms with Crippen LogP contribution in [0.1, 0.15) is 30.4 Å². The molecular formula is C18H19ClN2O2S. The van der Waals surface area contributed by atoms with E-state index in [4.69, 9.17) is 16.9 Å². The maximum atomic E-state index is 13.3. The fourth-order valence-electron chi connectivity index (χ4n) is 5.99. The van der Waals surface area contributed by atoms with Crippen molar-refractivity contribution in [3.8, 4) is 6.07 Å². The zero-order valence-corrected chi connectivity index (χ0v) is 15.0. The molecule has 0 aromatic heterocycles. The van der Waals surface area contributed by atoms with Crippen LogP contribution in [0.2, 0.25) is 5.02 Å². The van der Waals surface area contributed by atoms with Crippen molar-refractivity contribution in [3.05, 3.63) is 28.3 Å². The Labute approximate surface area is 147 Å². The summed E-state index contributed by atoms with van der Waals surface area (Å²) in [5, 5.41) is 9.28. The summed E-state index contributed by atoms with van der Waals surface area (Å²) in [6.45, 7) is 2.39. The van der Waals surface area contributed by atoms with E-state index in [0.717, 1.165) is 12.3 Å². The molecule has 1 aliphatic heterocycles. The lowest BCUT2D eigenvalue weighted by atomic mass is 9.58. The second kappa shape index (κ2) is 4.68. The van der Waals surface area contributed by atoms with Gasteiger partial charge in [0.2, 0.25) is 10.0 Å². The zero-order chi connectivity index (χ0) is 16.8. The SMILES string of the molecule is Cc1c(N2C[C@@H]3[C@@H]([C@H]4C[C@@H]3C3CC4C3)S2(=O)=O)ccc(C#N)c1Cl. The smallest absolute Gasteiger partial charge is 0.238 e. The van der Waals surface area contributed by atoms with E-state index in [9.17, 15) is 8.42 Å². The van der Waals surface area contributed by atoms with Gasteiger partial charge in [0, 0.05) is 6.54 Å². The van der Waals surface area contributed by atoms with Crippen LogP contribution in [-0.4, -0.2) is 20.2 Å². The molecule has 1 heterocycles. The quantitative estimate of drug-likeness (QED) is 0.769. The minimum atomic E-state index is -3.35. The molecule has 0 spiro atoms. The molecule has 4 aliphatic carbocycles. The average molecular weight is 363 g/mol. The van der Waals surface area contributed by atoms with Crippen LogP contribution >= 0.6 is 11.6 Å². The predicted molar refractivity (Wildman–Crippen MR) is 92.3 cm³/mol. The van der Waals surface area contributed by atoms with Crippen molar-refractivity contribution in [2.75, 3.05) is 10.8 Å². The maximum Gasteiger partial charge on any atom is 0.238 e. The van der Waals surface area contributed by atoms with Gasteiger partial charge < -0.3 is 0 Å². The van der Waals surface area contributed by atoms with Crippen molar-refractivity contribution < 1.29 is 8.42 Å². The molecule has 0 radical (unpaired) electrons. The third-order valence-corrected chi connectivity index (χ3v) is 9.97. The third-order valence-electron chi connectivity index (χ3n) is 7.13. The van der Waals surface area contributed by atoms with E-state index in [1.165, 1.54) is 12.8 Å². The Balaban J connectivity index is 1.59. The molecule has 126 valence electrons. The highest BCUT2D eigenvalue weighted by Gasteiger charge is 2.66. The molecule has 6 heteroatoms. The molecule has 1 saturated heterocycles. The van der Waals surface area contributed by atoms with Crippen molar-refractivity contribution in [2.24, 2.45) is 29.6 Å². The number of nitrogens with zero attached hydrogens (tertiary/aromatic N) is 2. The van der Waals surface area contributed by atoms with Crippen LogP contribution in [0.25, 0.3) is 0 Å². The van der Waals surface area contributed by atoms with Crippen molar-refractivity contribution in [3.63, 3.8) is 0 Å². The molecule has 5 aliphatic rings. The summed E-state index contributed by atoms with van der Waals surface area (Å²) in [6, 6.07) is 5.44. The number of halogens is 1. The summed E-state index contributed by atoms with van der Waals surface area (Å²) in [6.07, 6.45) is 3.62. The number of hydrogen-bond donors (Lipinski definition) is 0. The van der Waals surface area contributed by atoms with Crippen LogP contribution in [0.15, 0.2) is 12.1 Å². The first-order valence-electron chi connectivity index (χ1n) is 8.64. The standard InChI is InChI=1S/C18H19ClN2O2S/c1-9-16(3-2-10(7-20)17(9)19)21-8-15-13-6-14(12-4-11(13)5-12)18(15)24(21,22)23/h2-3,11-15,18H,4-6,8H2,1H3/t11?,12?,13-,14+,15+,18-/m1/s1. The number of hydrogen-bond acceptors (Lipinski definition) is 3. The molecule has 0 unspecified atom stereocenters. The van der Waals surface area contributed by atoms with Gasteiger partial charge in [-0.05, 0) is 73.5 Å². The number of fused-ring (bicyclic) bond motifs is 1. The van der Waals surface area contributed by atoms with Crippen molar-refractivity contribution >= 4 is 27.3 Å². The van der Waals surface area contributed by atoms with Crippen molar-refractivity contribution in [2.45, 2.75) is 31.4 Å². The van der Waals surface area contributed by atoms with Crippen LogP contribution in [0, 0.1) is 47.8 Å². The second-order valence-electron chi connectivity index (χ2n) is 7.94. The van der Waals surface area contributed by atoms with Crippen LogP contribution in [0.5, 0.6) is 0 Å². The van der Waals surface area contributed by atoms with E-state index in [-0.39, 0.29) is 11.2 Å². The Morgan fingerprint density at radius 3 is 2.58 bits per heavy atom. The summed E-state index contributed by atoms with van der Waals surface area (Å²) in [4.78, 5) is 0. The number of rotatable bonds is 1. The van der Waals surface area contributed by atoms with Crippen molar-refractivity contribution in [1.29, 1.82) is 5.26 Å². The van der Waals surface area contributed by atoms with Gasteiger partial charge in [0.15, 0.2) is 0 Å². The minimum absolute atomic E-state index is 0.200. The minimum Gasteiger partial charge on any atom is -0.269 e. The van der Waals surface area contributed by atoms with Crippen LogP contribution in [0.3, 0.4) is 0 Å². The molecule has 4 atom stereocenters. The molecule has 4 nitrogen and oxygen atoms in total. The van der Waals surface area contributed by atoms with Gasteiger partial charge in [-0.2, -0.15) is 5.26 Å². The van der Waals surface area contributed by atoms with E-state index in [1.54, 1.807) is 23.4 Å². The Morgan fingerprint density at radius 1 is 1.17 bits per heavy atom. The Kier molecular flexibility index (Phi) is 2.93. The molecule has 6 rings (SSSR count). The predicted octanol–water partition coefficient (Wildman–Crippen LogP) is 3.33. The van der Waals surface area contributed by atoms with Gasteiger partial charge in [-0.25, -0.2) is 8.42 Å². The fraction of sp³-hybridized carbons (Fsp3) is 0.611. The van der Waals surface area contributed by atoms with E-state index in [1.807, 2.05) is 0 Å². The summed E-state index contributed by atoms with van der Waals surface area (Å²) < 4.78 is 28.2. The largest absolute Gasteiger partial charge is 0.269 e. The van der Waals surface area contributed by atoms with E-state index in [0.29, 0.717) is 46.1 Å². The van der Waals surface area contributed by atoms with E-state index in [2.05, 4.69) is 6.07 Å². The van der Waals surface area contributed by atoms with Gasteiger partial charge in [-0.3, -0.25) is 4.31 Å². The summed E-state index contributed by atoms with van der Waals surface area (Å²) >= 11 is 6.27. The average Bonchev–Trinajstić information content (AvgIpc) is 2.92. The normalized spacial score (nSPS) is 40.8. The highest BCUT2D eigenvalue weighted by Crippen LogP contribution is 2.65. The lowest BCUT2D eigenvalue weighted by molar-refractivity contribution is 0.0315. The monoisotopic (exact) mass is 362 g/mol. The second-order valence-corrected chi connectivity index (χ2v) is 10.3. The van der Waals surface area contributed by atoms with Gasteiger partial charge in [0.05, 0.1) is 21.5 Å². The van der Waals surface area contributed by atoms with Crippen LogP contribution in [0.4, 0.5) is 5.69 Å². The van der Waals surface area contributed by atoms with Gasteiger partial charge >= 0.3 is 0 Å². The first-order valence-corrected chi connectivity index (χ1v) is 10.5. The van der Waals surface area contributed by atoms with E-state index >= 15 is 0 Å². The fourth-order valence-corrected chi connectivity index (χ4v) is 8.84. The Morgan fingerprint density at radius 2 is 1.88 bits per heavy atom. The number of benzene rings is 1. The molecular weight excluding hydrogens is 344 g/mol. The molecule has 1 aromatic carbocycles. The summed E-state index contributed by atoms with van der Waals surface area (Å²) in [7, 11) is -3.35. The number of sulfonamides is 1. The molecule has 5 fully saturated rings. The summed E-state index contributed by atoms with van der Waals surface area (Å²) in [5.41, 5.74) is 1.74. The Bertz CT molecular complexity index is 885. The first kappa shape index (κ1) is 15.0. The van der Waals surface area contributed by atoms with Crippen molar-refractivity contribution in [1.82, 2.24) is 0 Å². The van der Waals surface area contributed by atoms with Crippen LogP contribution in [-0.2, 0) is 10.0 Å². The zero-order valence-electron chi connectivity index (χ0n) is 13.4. The van der Waals surface area contributed by atoms with E-state index < -0.39 is 10.0 Å². The Hall–Kier alpha value is -1.25. The maximum absolute atomic E-state index is 13.3. The lowest BCUT2D eigenvalue weighted by Gasteiger charge is -2.48. The van der Waals surface area contributed by atoms with Gasteiger partial charge in [-0.1, -0.05) is 11.6 Å². The molecule has 4 bridgehead atoms. The topological polar surface area (TPSA) is 61.2 Å². The number of anilines is 1. The molecule has 1 aromatic rings. The lowest BCUT2D eigenvalue weighted by Crippen LogP contribution is -2.43. The van der Waals surface area contributed by atoms with Crippen LogP contribution < -0.4 is 4.31 Å². The molecule has 24 heavy (non-hydrogen) atoms. The summed E-state index contributed by atoms with van der Waals surface area (Å²) in [5.74, 6) is 2.59. The number of nitriles is 1. The van der Waals surface area contributed by atoms with Gasteiger partial charge in [0.25, 0.3) is 0 Å². The third kappa shape index (κ3) is 1.66. The molecule has 4 saturated carbocycles. The highest BCUT2D eigenvalue weighted by molar-refractivity contribution is 7.93. The first-order chi connectivity index (χ1) is 11.4. The van der Waals surface area contributed by atoms with Gasteiger partial charge in [0.1, 0.15) is 6.07 Å². The van der Waals surface area contributed by atoms with Gasteiger partial charge in [-0.15, -0.1) is 0 Å². The molecule has 0 amide bonds.